The van der Waals surface area contributed by atoms with Crippen LogP contribution < -0.4 is 14.2 Å². The zero-order chi connectivity index (χ0) is 24.4. The van der Waals surface area contributed by atoms with Crippen LogP contribution in [0.3, 0.4) is 0 Å². The van der Waals surface area contributed by atoms with Gasteiger partial charge in [-0.3, -0.25) is 9.52 Å². The second-order valence-electron chi connectivity index (χ2n) is 7.75. The number of nitrogens with one attached hydrogen (secondary N) is 1. The zero-order valence-corrected chi connectivity index (χ0v) is 19.9. The molecule has 7 nitrogen and oxygen atoms in total. The summed E-state index contributed by atoms with van der Waals surface area (Å²) in [5, 5.41) is 8.99. The van der Waals surface area contributed by atoms with Gasteiger partial charge in [0.15, 0.2) is 0 Å². The van der Waals surface area contributed by atoms with Gasteiger partial charge in [0.05, 0.1) is 11.3 Å². The summed E-state index contributed by atoms with van der Waals surface area (Å²) in [5.41, 5.74) is 2.15. The Hall–Kier alpha value is -3.52. The number of sulfonamides is 1. The van der Waals surface area contributed by atoms with Crippen molar-refractivity contribution in [1.82, 2.24) is 0 Å². The van der Waals surface area contributed by atoms with Crippen LogP contribution in [0.1, 0.15) is 30.9 Å². The molecular weight excluding hydrogens is 454 g/mol. The number of hydrogen-bond donors (Lipinski definition) is 2. The number of carboxylic acids is 1. The normalized spacial score (nSPS) is 11.1. The molecule has 0 saturated heterocycles. The summed E-state index contributed by atoms with van der Waals surface area (Å²) in [6.45, 7) is 2.60. The first kappa shape index (κ1) is 25.1. The van der Waals surface area contributed by atoms with E-state index in [-0.39, 0.29) is 24.5 Å². The number of carboxylic acid groups (broad SMARTS) is 1. The Morgan fingerprint density at radius 3 is 2.26 bits per heavy atom. The molecule has 8 heteroatoms. The van der Waals surface area contributed by atoms with Gasteiger partial charge in [0, 0.05) is 11.3 Å². The minimum atomic E-state index is -3.68. The van der Waals surface area contributed by atoms with Crippen LogP contribution in [0.2, 0.25) is 0 Å². The number of hydrogen-bond acceptors (Lipinski definition) is 5. The first-order chi connectivity index (χ1) is 16.4. The molecule has 0 amide bonds. The van der Waals surface area contributed by atoms with Crippen molar-refractivity contribution < 1.29 is 27.8 Å². The monoisotopic (exact) mass is 483 g/mol. The van der Waals surface area contributed by atoms with E-state index in [9.17, 15) is 13.2 Å². The van der Waals surface area contributed by atoms with Gasteiger partial charge in [0.2, 0.25) is 0 Å². The second kappa shape index (κ2) is 12.1. The van der Waals surface area contributed by atoms with Crippen molar-refractivity contribution in [3.63, 3.8) is 0 Å². The van der Waals surface area contributed by atoms with Crippen molar-refractivity contribution in [1.29, 1.82) is 0 Å². The fourth-order valence-corrected chi connectivity index (χ4v) is 4.37. The molecule has 0 aromatic heterocycles. The van der Waals surface area contributed by atoms with E-state index in [0.717, 1.165) is 24.8 Å². The Bertz CT molecular complexity index is 1170. The molecule has 3 aromatic carbocycles. The summed E-state index contributed by atoms with van der Waals surface area (Å²) < 4.78 is 39.2. The number of carbonyl (C=O) groups is 1. The number of benzene rings is 3. The molecule has 0 aliphatic rings. The van der Waals surface area contributed by atoms with E-state index in [0.29, 0.717) is 22.7 Å². The summed E-state index contributed by atoms with van der Waals surface area (Å²) in [6.07, 6.45) is 2.99. The fourth-order valence-electron chi connectivity index (χ4n) is 3.31. The standard InChI is InChI=1S/C26H29NO6S/c1-2-3-6-20-9-15-24(16-10-20)34(30,31)27-22-11-13-23(14-12-22)32-17-18-33-25-8-5-4-7-21(25)19-26(28)29/h4-5,7-16,27H,2-3,6,17-19H2,1H3,(H,28,29). The molecule has 0 aliphatic heterocycles. The molecule has 2 N–H and O–H groups in total. The largest absolute Gasteiger partial charge is 0.490 e. The molecule has 0 aliphatic carbocycles. The molecule has 0 bridgehead atoms. The van der Waals surface area contributed by atoms with E-state index in [2.05, 4.69) is 11.6 Å². The van der Waals surface area contributed by atoms with Crippen molar-refractivity contribution in [2.75, 3.05) is 17.9 Å². The Labute approximate surface area is 200 Å². The maximum atomic E-state index is 12.7. The van der Waals surface area contributed by atoms with E-state index >= 15 is 0 Å². The highest BCUT2D eigenvalue weighted by atomic mass is 32.2. The van der Waals surface area contributed by atoms with E-state index in [1.165, 1.54) is 0 Å². The Morgan fingerprint density at radius 2 is 1.59 bits per heavy atom. The van der Waals surface area contributed by atoms with Crippen LogP contribution in [-0.4, -0.2) is 32.7 Å². The van der Waals surface area contributed by atoms with Crippen molar-refractivity contribution in [2.24, 2.45) is 0 Å². The third-order valence-electron chi connectivity index (χ3n) is 5.08. The van der Waals surface area contributed by atoms with Gasteiger partial charge in [-0.15, -0.1) is 0 Å². The molecule has 0 heterocycles. The van der Waals surface area contributed by atoms with Gasteiger partial charge in [0.25, 0.3) is 10.0 Å². The molecule has 0 unspecified atom stereocenters. The van der Waals surface area contributed by atoms with Crippen LogP contribution in [0.5, 0.6) is 11.5 Å². The molecule has 180 valence electrons. The van der Waals surface area contributed by atoms with E-state index in [1.807, 2.05) is 12.1 Å². The lowest BCUT2D eigenvalue weighted by atomic mass is 10.1. The Morgan fingerprint density at radius 1 is 0.912 bits per heavy atom. The van der Waals surface area contributed by atoms with Crippen molar-refractivity contribution in [2.45, 2.75) is 37.5 Å². The summed E-state index contributed by atoms with van der Waals surface area (Å²) in [5.74, 6) is 0.147. The Balaban J connectivity index is 1.50. The third-order valence-corrected chi connectivity index (χ3v) is 6.48. The molecule has 3 aromatic rings. The molecule has 3 rings (SSSR count). The quantitative estimate of drug-likeness (QED) is 0.335. The van der Waals surface area contributed by atoms with Gasteiger partial charge in [-0.2, -0.15) is 0 Å². The summed E-state index contributed by atoms with van der Waals surface area (Å²) in [4.78, 5) is 11.2. The lowest BCUT2D eigenvalue weighted by Crippen LogP contribution is -2.13. The van der Waals surface area contributed by atoms with Crippen LogP contribution in [0.4, 0.5) is 5.69 Å². The van der Waals surface area contributed by atoms with Crippen LogP contribution >= 0.6 is 0 Å². The maximum Gasteiger partial charge on any atom is 0.307 e. The van der Waals surface area contributed by atoms with Crippen LogP contribution in [0, 0.1) is 0 Å². The molecule has 0 saturated carbocycles. The number of rotatable bonds is 13. The van der Waals surface area contributed by atoms with E-state index < -0.39 is 16.0 Å². The van der Waals surface area contributed by atoms with E-state index in [4.69, 9.17) is 14.6 Å². The molecular formula is C26H29NO6S. The minimum Gasteiger partial charge on any atom is -0.490 e. The predicted molar refractivity (Wildman–Crippen MR) is 131 cm³/mol. The molecule has 0 fully saturated rings. The highest BCUT2D eigenvalue weighted by molar-refractivity contribution is 7.92. The highest BCUT2D eigenvalue weighted by Gasteiger charge is 2.14. The smallest absolute Gasteiger partial charge is 0.307 e. The fraction of sp³-hybridized carbons (Fsp3) is 0.269. The van der Waals surface area contributed by atoms with Gasteiger partial charge in [0.1, 0.15) is 24.7 Å². The number of aliphatic carboxylic acids is 1. The molecule has 34 heavy (non-hydrogen) atoms. The second-order valence-corrected chi connectivity index (χ2v) is 9.43. The average molecular weight is 484 g/mol. The molecule has 0 spiro atoms. The van der Waals surface area contributed by atoms with Crippen LogP contribution in [-0.2, 0) is 27.7 Å². The van der Waals surface area contributed by atoms with Crippen molar-refractivity contribution in [3.8, 4) is 11.5 Å². The first-order valence-electron chi connectivity index (χ1n) is 11.1. The topological polar surface area (TPSA) is 102 Å². The maximum absolute atomic E-state index is 12.7. The summed E-state index contributed by atoms with van der Waals surface area (Å²) in [7, 11) is -3.68. The lowest BCUT2D eigenvalue weighted by molar-refractivity contribution is -0.136. The number of ether oxygens (including phenoxy) is 2. The van der Waals surface area contributed by atoms with Gasteiger partial charge >= 0.3 is 5.97 Å². The van der Waals surface area contributed by atoms with Gasteiger partial charge in [-0.25, -0.2) is 8.42 Å². The van der Waals surface area contributed by atoms with Gasteiger partial charge < -0.3 is 14.6 Å². The SMILES string of the molecule is CCCCc1ccc(S(=O)(=O)Nc2ccc(OCCOc3ccccc3CC(=O)O)cc2)cc1. The average Bonchev–Trinajstić information content (AvgIpc) is 2.82. The van der Waals surface area contributed by atoms with E-state index in [1.54, 1.807) is 60.7 Å². The lowest BCUT2D eigenvalue weighted by Gasteiger charge is -2.12. The number of para-hydroxylation sites is 1. The zero-order valence-electron chi connectivity index (χ0n) is 19.1. The van der Waals surface area contributed by atoms with Crippen LogP contribution in [0.15, 0.2) is 77.7 Å². The van der Waals surface area contributed by atoms with Crippen molar-refractivity contribution in [3.05, 3.63) is 83.9 Å². The number of unbranched alkanes of at least 4 members (excludes halogenated alkanes) is 1. The minimum absolute atomic E-state index is 0.114. The molecule has 0 atom stereocenters. The Kier molecular flexibility index (Phi) is 8.93. The van der Waals surface area contributed by atoms with Crippen molar-refractivity contribution >= 4 is 21.7 Å². The first-order valence-corrected chi connectivity index (χ1v) is 12.6. The number of anilines is 1. The van der Waals surface area contributed by atoms with Gasteiger partial charge in [-0.1, -0.05) is 43.7 Å². The predicted octanol–water partition coefficient (Wildman–Crippen LogP) is 4.91. The van der Waals surface area contributed by atoms with Crippen LogP contribution in [0.25, 0.3) is 0 Å². The molecule has 0 radical (unpaired) electrons. The highest BCUT2D eigenvalue weighted by Crippen LogP contribution is 2.21. The summed E-state index contributed by atoms with van der Waals surface area (Å²) in [6, 6.07) is 20.5. The number of aryl methyl sites for hydroxylation is 1. The summed E-state index contributed by atoms with van der Waals surface area (Å²) >= 11 is 0. The van der Waals surface area contributed by atoms with Gasteiger partial charge in [-0.05, 0) is 60.9 Å². The third kappa shape index (κ3) is 7.52.